The van der Waals surface area contributed by atoms with Crippen LogP contribution in [-0.2, 0) is 6.42 Å². The molecule has 138 valence electrons. The third kappa shape index (κ3) is 3.99. The van der Waals surface area contributed by atoms with Crippen molar-refractivity contribution < 1.29 is 5.11 Å². The zero-order valence-corrected chi connectivity index (χ0v) is 15.4. The number of aliphatic hydroxyl groups is 1. The molecule has 1 saturated carbocycles. The predicted molar refractivity (Wildman–Crippen MR) is 102 cm³/mol. The van der Waals surface area contributed by atoms with Gasteiger partial charge in [0, 0.05) is 18.0 Å². The van der Waals surface area contributed by atoms with Crippen molar-refractivity contribution in [2.45, 2.75) is 38.8 Å². The Morgan fingerprint density at radius 2 is 1.96 bits per heavy atom. The molecule has 2 aromatic rings. The molecule has 1 unspecified atom stereocenters. The minimum absolute atomic E-state index is 0.0565. The van der Waals surface area contributed by atoms with Crippen LogP contribution in [0.15, 0.2) is 30.5 Å². The van der Waals surface area contributed by atoms with Gasteiger partial charge in [0.25, 0.3) is 0 Å². The van der Waals surface area contributed by atoms with E-state index in [0.29, 0.717) is 35.9 Å². The van der Waals surface area contributed by atoms with Crippen LogP contribution in [-0.4, -0.2) is 33.8 Å². The van der Waals surface area contributed by atoms with Gasteiger partial charge < -0.3 is 15.7 Å². The van der Waals surface area contributed by atoms with Crippen molar-refractivity contribution in [3.05, 3.63) is 47.2 Å². The lowest BCUT2D eigenvalue weighted by atomic mass is 9.64. The molecule has 3 rings (SSSR count). The Balaban J connectivity index is 1.62. The average molecular weight is 362 g/mol. The summed E-state index contributed by atoms with van der Waals surface area (Å²) in [4.78, 5) is 8.63. The number of nitrogens with zero attached hydrogens (tertiary/aromatic N) is 4. The Kier molecular flexibility index (Phi) is 5.25. The molecule has 2 atom stereocenters. The van der Waals surface area contributed by atoms with E-state index >= 15 is 0 Å². The second-order valence-corrected chi connectivity index (χ2v) is 7.32. The predicted octanol–water partition coefficient (Wildman–Crippen LogP) is 2.45. The fraction of sp³-hybridized carbons (Fsp3) is 0.400. The summed E-state index contributed by atoms with van der Waals surface area (Å²) in [5.74, 6) is 0.932. The highest BCUT2D eigenvalue weighted by Crippen LogP contribution is 2.42. The summed E-state index contributed by atoms with van der Waals surface area (Å²) in [5, 5.41) is 34.5. The first-order valence-electron chi connectivity index (χ1n) is 8.88. The number of hydrogen-bond acceptors (Lipinski definition) is 7. The first-order valence-corrected chi connectivity index (χ1v) is 8.88. The summed E-state index contributed by atoms with van der Waals surface area (Å²) < 4.78 is 0. The summed E-state index contributed by atoms with van der Waals surface area (Å²) in [6, 6.07) is 11.7. The monoisotopic (exact) mass is 362 g/mol. The van der Waals surface area contributed by atoms with Crippen molar-refractivity contribution in [3.8, 4) is 12.1 Å². The topological polar surface area (TPSA) is 118 Å². The number of anilines is 2. The third-order valence-electron chi connectivity index (χ3n) is 5.22. The first-order chi connectivity index (χ1) is 12.9. The maximum atomic E-state index is 9.89. The molecular formula is C20H22N6O. The van der Waals surface area contributed by atoms with Crippen LogP contribution in [0, 0.1) is 28.1 Å². The molecule has 3 N–H and O–H groups in total. The number of hydrogen-bond donors (Lipinski definition) is 3. The summed E-state index contributed by atoms with van der Waals surface area (Å²) in [7, 11) is 0. The Hall–Kier alpha value is -3.16. The lowest BCUT2D eigenvalue weighted by Gasteiger charge is -2.49. The zero-order chi connectivity index (χ0) is 19.4. The smallest absolute Gasteiger partial charge is 0.224 e. The maximum absolute atomic E-state index is 9.89. The molecule has 1 fully saturated rings. The highest BCUT2D eigenvalue weighted by molar-refractivity contribution is 5.54. The van der Waals surface area contributed by atoms with Crippen LogP contribution in [0.25, 0.3) is 0 Å². The second kappa shape index (κ2) is 7.61. The lowest BCUT2D eigenvalue weighted by molar-refractivity contribution is -0.0511. The van der Waals surface area contributed by atoms with Crippen LogP contribution in [0.3, 0.4) is 0 Å². The fourth-order valence-electron chi connectivity index (χ4n) is 3.04. The summed E-state index contributed by atoms with van der Waals surface area (Å²) in [6.07, 6.45) is 2.54. The molecule has 0 bridgehead atoms. The molecule has 1 aliphatic rings. The van der Waals surface area contributed by atoms with Gasteiger partial charge in [-0.3, -0.25) is 0 Å². The van der Waals surface area contributed by atoms with E-state index in [1.165, 1.54) is 6.20 Å². The van der Waals surface area contributed by atoms with E-state index in [-0.39, 0.29) is 17.6 Å². The van der Waals surface area contributed by atoms with Gasteiger partial charge in [-0.15, -0.1) is 0 Å². The lowest BCUT2D eigenvalue weighted by Crippen LogP contribution is -2.57. The first kappa shape index (κ1) is 18.6. The molecule has 1 heterocycles. The van der Waals surface area contributed by atoms with Crippen LogP contribution in [0.5, 0.6) is 0 Å². The van der Waals surface area contributed by atoms with E-state index < -0.39 is 0 Å². The molecule has 7 heteroatoms. The Bertz CT molecular complexity index is 894. The van der Waals surface area contributed by atoms with E-state index in [0.717, 1.165) is 12.0 Å². The van der Waals surface area contributed by atoms with Crippen molar-refractivity contribution in [3.63, 3.8) is 0 Å². The van der Waals surface area contributed by atoms with E-state index in [4.69, 9.17) is 5.26 Å². The van der Waals surface area contributed by atoms with Crippen molar-refractivity contribution in [2.24, 2.45) is 5.41 Å². The van der Waals surface area contributed by atoms with E-state index in [1.807, 2.05) is 26.0 Å². The third-order valence-corrected chi connectivity index (χ3v) is 5.22. The molecule has 0 spiro atoms. The van der Waals surface area contributed by atoms with E-state index in [9.17, 15) is 10.4 Å². The summed E-state index contributed by atoms with van der Waals surface area (Å²) in [5.41, 5.74) is 1.87. The Morgan fingerprint density at radius 1 is 1.22 bits per heavy atom. The van der Waals surface area contributed by atoms with Gasteiger partial charge in [-0.2, -0.15) is 15.5 Å². The van der Waals surface area contributed by atoms with Crippen molar-refractivity contribution in [1.82, 2.24) is 9.97 Å². The SMILES string of the molecule is CC1(C)C(Nc2nc(NCCc3ccc(C#N)cc3)ncc2C#N)C[C@@H]1O. The highest BCUT2D eigenvalue weighted by atomic mass is 16.3. The van der Waals surface area contributed by atoms with Crippen LogP contribution in [0.4, 0.5) is 11.8 Å². The number of aromatic nitrogens is 2. The Morgan fingerprint density at radius 3 is 2.56 bits per heavy atom. The molecule has 1 aromatic heterocycles. The van der Waals surface area contributed by atoms with Crippen LogP contribution in [0.1, 0.15) is 37.0 Å². The van der Waals surface area contributed by atoms with E-state index in [2.05, 4.69) is 32.7 Å². The van der Waals surface area contributed by atoms with Gasteiger partial charge in [0.2, 0.25) is 5.95 Å². The van der Waals surface area contributed by atoms with Gasteiger partial charge in [0.1, 0.15) is 17.5 Å². The summed E-state index contributed by atoms with van der Waals surface area (Å²) in [6.45, 7) is 4.61. The van der Waals surface area contributed by atoms with Gasteiger partial charge in [-0.05, 0) is 30.5 Å². The number of aliphatic hydroxyl groups excluding tert-OH is 1. The molecular weight excluding hydrogens is 340 g/mol. The van der Waals surface area contributed by atoms with Crippen molar-refractivity contribution >= 4 is 11.8 Å². The van der Waals surface area contributed by atoms with Gasteiger partial charge in [-0.1, -0.05) is 26.0 Å². The molecule has 0 radical (unpaired) electrons. The van der Waals surface area contributed by atoms with Crippen molar-refractivity contribution in [1.29, 1.82) is 10.5 Å². The normalized spacial score (nSPS) is 20.0. The second-order valence-electron chi connectivity index (χ2n) is 7.32. The molecule has 0 saturated heterocycles. The molecule has 1 aliphatic carbocycles. The van der Waals surface area contributed by atoms with Gasteiger partial charge in [0.05, 0.1) is 23.9 Å². The number of nitriles is 2. The van der Waals surface area contributed by atoms with Gasteiger partial charge in [-0.25, -0.2) is 4.98 Å². The molecule has 27 heavy (non-hydrogen) atoms. The summed E-state index contributed by atoms with van der Waals surface area (Å²) >= 11 is 0. The van der Waals surface area contributed by atoms with Crippen LogP contribution in [0.2, 0.25) is 0 Å². The van der Waals surface area contributed by atoms with Gasteiger partial charge >= 0.3 is 0 Å². The zero-order valence-electron chi connectivity index (χ0n) is 15.4. The maximum Gasteiger partial charge on any atom is 0.224 e. The standard InChI is InChI=1S/C20H22N6O/c1-20(2)16(9-17(20)27)25-18-15(11-22)12-24-19(26-18)23-8-7-13-3-5-14(10-21)6-4-13/h3-6,12,16-17,27H,7-9H2,1-2H3,(H2,23,24,25,26)/t16?,17-/m0/s1. The van der Waals surface area contributed by atoms with Crippen molar-refractivity contribution in [2.75, 3.05) is 17.2 Å². The average Bonchev–Trinajstić information content (AvgIpc) is 2.68. The van der Waals surface area contributed by atoms with Gasteiger partial charge in [0.15, 0.2) is 0 Å². The van der Waals surface area contributed by atoms with E-state index in [1.54, 1.807) is 12.1 Å². The number of rotatable bonds is 6. The molecule has 0 amide bonds. The van der Waals surface area contributed by atoms with Crippen LogP contribution >= 0.6 is 0 Å². The minimum Gasteiger partial charge on any atom is -0.392 e. The molecule has 7 nitrogen and oxygen atoms in total. The van der Waals surface area contributed by atoms with Crippen LogP contribution < -0.4 is 10.6 Å². The fourth-order valence-corrected chi connectivity index (χ4v) is 3.04. The largest absolute Gasteiger partial charge is 0.392 e. The molecule has 1 aromatic carbocycles. The minimum atomic E-state index is -0.354. The molecule has 0 aliphatic heterocycles. The Labute approximate surface area is 158 Å². The number of benzene rings is 1. The quantitative estimate of drug-likeness (QED) is 0.722. The highest BCUT2D eigenvalue weighted by Gasteiger charge is 2.47. The number of nitrogens with one attached hydrogen (secondary N) is 2.